The van der Waals surface area contributed by atoms with Crippen LogP contribution in [0.4, 0.5) is 0 Å². The van der Waals surface area contributed by atoms with Crippen LogP contribution in [-0.4, -0.2) is 60.6 Å². The number of hydrogen-bond donors (Lipinski definition) is 3. The molecule has 0 aromatic rings. The van der Waals surface area contributed by atoms with Crippen LogP contribution in [0.25, 0.3) is 0 Å². The van der Waals surface area contributed by atoms with Gasteiger partial charge in [0.2, 0.25) is 0 Å². The average molecular weight is 238 g/mol. The average Bonchev–Trinajstić information content (AvgIpc) is 2.16. The van der Waals surface area contributed by atoms with Crippen LogP contribution in [0.5, 0.6) is 0 Å². The van der Waals surface area contributed by atoms with E-state index in [2.05, 4.69) is 5.32 Å². The van der Waals surface area contributed by atoms with E-state index in [-0.39, 0.29) is 6.42 Å². The van der Waals surface area contributed by atoms with Crippen LogP contribution in [0, 0.1) is 0 Å². The third-order valence-electron chi connectivity index (χ3n) is 2.63. The quantitative estimate of drug-likeness (QED) is 0.537. The van der Waals surface area contributed by atoms with Gasteiger partial charge in [-0.15, -0.1) is 0 Å². The Balaban J connectivity index is 2.49. The molecule has 1 aliphatic rings. The van der Waals surface area contributed by atoms with Crippen LogP contribution in [0.3, 0.4) is 0 Å². The highest BCUT2D eigenvalue weighted by atomic mass is 32.2. The maximum absolute atomic E-state index is 10.6. The molecule has 0 radical (unpaired) electrons. The van der Waals surface area contributed by atoms with E-state index in [0.717, 1.165) is 13.1 Å². The van der Waals surface area contributed by atoms with E-state index in [1.54, 1.807) is 6.92 Å². The molecule has 0 spiro atoms. The van der Waals surface area contributed by atoms with Crippen molar-refractivity contribution >= 4 is 10.1 Å². The molecule has 1 saturated heterocycles. The minimum absolute atomic E-state index is 0.0197. The summed E-state index contributed by atoms with van der Waals surface area (Å²) in [5.41, 5.74) is -1.17. The standard InChI is InChI=1S/C8H18N2O4S/c1-8(11,2-7-15(12,13)14)10-5-3-9-4-6-10/h9,11H,2-7H2,1H3,(H,12,13,14). The van der Waals surface area contributed by atoms with E-state index in [1.165, 1.54) is 0 Å². The van der Waals surface area contributed by atoms with Crippen molar-refractivity contribution in [3.8, 4) is 0 Å². The first kappa shape index (κ1) is 12.9. The monoisotopic (exact) mass is 238 g/mol. The van der Waals surface area contributed by atoms with Gasteiger partial charge in [-0.3, -0.25) is 9.45 Å². The second-order valence-corrected chi connectivity index (χ2v) is 5.56. The Morgan fingerprint density at radius 2 is 1.93 bits per heavy atom. The Labute approximate surface area is 90.0 Å². The van der Waals surface area contributed by atoms with E-state index < -0.39 is 21.6 Å². The van der Waals surface area contributed by atoms with Gasteiger partial charge in [0.1, 0.15) is 5.72 Å². The molecule has 1 fully saturated rings. The van der Waals surface area contributed by atoms with Gasteiger partial charge in [-0.2, -0.15) is 8.42 Å². The molecule has 1 unspecified atom stereocenters. The Morgan fingerprint density at radius 3 is 2.40 bits per heavy atom. The van der Waals surface area contributed by atoms with Crippen molar-refractivity contribution in [3.05, 3.63) is 0 Å². The molecule has 15 heavy (non-hydrogen) atoms. The van der Waals surface area contributed by atoms with E-state index >= 15 is 0 Å². The topological polar surface area (TPSA) is 89.9 Å². The highest BCUT2D eigenvalue weighted by Gasteiger charge is 2.31. The molecule has 0 aromatic carbocycles. The van der Waals surface area contributed by atoms with Crippen molar-refractivity contribution in [2.75, 3.05) is 31.9 Å². The second kappa shape index (κ2) is 4.75. The molecule has 0 amide bonds. The number of hydrogen-bond acceptors (Lipinski definition) is 5. The molecule has 3 N–H and O–H groups in total. The molecule has 90 valence electrons. The van der Waals surface area contributed by atoms with Gasteiger partial charge in [-0.25, -0.2) is 0 Å². The molecule has 6 nitrogen and oxygen atoms in total. The van der Waals surface area contributed by atoms with Gasteiger partial charge < -0.3 is 10.4 Å². The summed E-state index contributed by atoms with van der Waals surface area (Å²) in [6.07, 6.45) is 0.0197. The van der Waals surface area contributed by atoms with Gasteiger partial charge in [0.05, 0.1) is 5.75 Å². The number of rotatable bonds is 4. The first-order valence-electron chi connectivity index (χ1n) is 4.94. The molecule has 0 aliphatic carbocycles. The zero-order valence-corrected chi connectivity index (χ0v) is 9.63. The van der Waals surface area contributed by atoms with Gasteiger partial charge in [-0.05, 0) is 6.92 Å². The highest BCUT2D eigenvalue weighted by Crippen LogP contribution is 2.17. The van der Waals surface area contributed by atoms with Crippen molar-refractivity contribution in [1.82, 2.24) is 10.2 Å². The SMILES string of the molecule is CC(O)(CCS(=O)(=O)O)N1CCNCC1. The number of nitrogens with zero attached hydrogens (tertiary/aromatic N) is 1. The molecule has 0 saturated carbocycles. The summed E-state index contributed by atoms with van der Waals surface area (Å²) in [6, 6.07) is 0. The van der Waals surface area contributed by atoms with E-state index in [1.807, 2.05) is 4.90 Å². The summed E-state index contributed by atoms with van der Waals surface area (Å²) in [5, 5.41) is 13.2. The lowest BCUT2D eigenvalue weighted by molar-refractivity contribution is -0.1000. The molecule has 0 bridgehead atoms. The van der Waals surface area contributed by atoms with Crippen LogP contribution in [0.15, 0.2) is 0 Å². The summed E-state index contributed by atoms with van der Waals surface area (Å²) in [5.74, 6) is -0.413. The van der Waals surface area contributed by atoms with E-state index in [0.29, 0.717) is 13.1 Å². The number of aliphatic hydroxyl groups is 1. The molecule has 1 atom stereocenters. The zero-order valence-electron chi connectivity index (χ0n) is 8.81. The van der Waals surface area contributed by atoms with Crippen molar-refractivity contribution in [2.45, 2.75) is 19.1 Å². The lowest BCUT2D eigenvalue weighted by Crippen LogP contribution is -2.55. The van der Waals surface area contributed by atoms with E-state index in [9.17, 15) is 13.5 Å². The lowest BCUT2D eigenvalue weighted by atomic mass is 10.1. The van der Waals surface area contributed by atoms with Crippen LogP contribution in [0.1, 0.15) is 13.3 Å². The largest absolute Gasteiger partial charge is 0.376 e. The third kappa shape index (κ3) is 4.43. The predicted molar refractivity (Wildman–Crippen MR) is 56.1 cm³/mol. The minimum Gasteiger partial charge on any atom is -0.376 e. The summed E-state index contributed by atoms with van der Waals surface area (Å²) in [7, 11) is -4.00. The van der Waals surface area contributed by atoms with Crippen LogP contribution >= 0.6 is 0 Å². The van der Waals surface area contributed by atoms with Crippen LogP contribution in [-0.2, 0) is 10.1 Å². The molecule has 7 heteroatoms. The molecule has 1 rings (SSSR count). The Hall–Kier alpha value is -0.210. The molecular weight excluding hydrogens is 220 g/mol. The summed E-state index contributed by atoms with van der Waals surface area (Å²) in [6.45, 7) is 4.49. The van der Waals surface area contributed by atoms with Crippen LogP contribution < -0.4 is 5.32 Å². The molecular formula is C8H18N2O4S. The maximum Gasteiger partial charge on any atom is 0.265 e. The Kier molecular flexibility index (Phi) is 4.07. The first-order valence-corrected chi connectivity index (χ1v) is 6.55. The second-order valence-electron chi connectivity index (χ2n) is 3.99. The summed E-state index contributed by atoms with van der Waals surface area (Å²) >= 11 is 0. The van der Waals surface area contributed by atoms with Gasteiger partial charge in [0.25, 0.3) is 10.1 Å². The van der Waals surface area contributed by atoms with Crippen molar-refractivity contribution in [1.29, 1.82) is 0 Å². The molecule has 0 aromatic heterocycles. The summed E-state index contributed by atoms with van der Waals surface area (Å²) < 4.78 is 29.8. The zero-order chi connectivity index (χ0) is 11.5. The fourth-order valence-electron chi connectivity index (χ4n) is 1.63. The molecule has 1 heterocycles. The number of piperazine rings is 1. The lowest BCUT2D eigenvalue weighted by Gasteiger charge is -2.39. The maximum atomic E-state index is 10.6. The summed E-state index contributed by atoms with van der Waals surface area (Å²) in [4.78, 5) is 1.81. The highest BCUT2D eigenvalue weighted by molar-refractivity contribution is 7.85. The van der Waals surface area contributed by atoms with Crippen molar-refractivity contribution in [2.24, 2.45) is 0 Å². The Morgan fingerprint density at radius 1 is 1.40 bits per heavy atom. The smallest absolute Gasteiger partial charge is 0.265 e. The van der Waals surface area contributed by atoms with Crippen molar-refractivity contribution < 1.29 is 18.1 Å². The predicted octanol–water partition coefficient (Wildman–Crippen LogP) is -1.12. The number of nitrogens with one attached hydrogen (secondary N) is 1. The van der Waals surface area contributed by atoms with Gasteiger partial charge >= 0.3 is 0 Å². The van der Waals surface area contributed by atoms with Crippen molar-refractivity contribution in [3.63, 3.8) is 0 Å². The van der Waals surface area contributed by atoms with Gasteiger partial charge in [-0.1, -0.05) is 0 Å². The van der Waals surface area contributed by atoms with E-state index in [4.69, 9.17) is 4.55 Å². The first-order chi connectivity index (χ1) is 6.81. The van der Waals surface area contributed by atoms with Gasteiger partial charge in [0, 0.05) is 32.6 Å². The fourth-order valence-corrected chi connectivity index (χ4v) is 2.27. The minimum atomic E-state index is -4.00. The normalized spacial score (nSPS) is 23.7. The van der Waals surface area contributed by atoms with Gasteiger partial charge in [0.15, 0.2) is 0 Å². The third-order valence-corrected chi connectivity index (χ3v) is 3.35. The Bertz CT molecular complexity index is 296. The molecule has 1 aliphatic heterocycles. The van der Waals surface area contributed by atoms with Crippen LogP contribution in [0.2, 0.25) is 0 Å². The fraction of sp³-hybridized carbons (Fsp3) is 1.00.